The average Bonchev–Trinajstić information content (AvgIpc) is 2.97. The Morgan fingerprint density at radius 1 is 1.03 bits per heavy atom. The first-order valence-electron chi connectivity index (χ1n) is 11.3. The van der Waals surface area contributed by atoms with Gasteiger partial charge in [0, 0.05) is 30.4 Å². The van der Waals surface area contributed by atoms with E-state index in [0.717, 1.165) is 25.7 Å². The summed E-state index contributed by atoms with van der Waals surface area (Å²) in [5.74, 6) is -1.28. The number of sulfonamides is 1. The number of nitrogens with zero attached hydrogens (tertiary/aromatic N) is 1. The van der Waals surface area contributed by atoms with E-state index in [1.165, 1.54) is 35.5 Å². The lowest BCUT2D eigenvalue weighted by Gasteiger charge is -2.19. The lowest BCUT2D eigenvalue weighted by molar-refractivity contribution is -0.136. The standard InChI is InChI=1S/C25H30N2O6S/c1-17-24(19(3)28)18(2)26-25(17)22(29)16-33-23(30)13-10-20-8-11-21(12-9-20)34(31,32)27-14-6-4-5-7-15-27/h8-13,26H,4-7,14-16H2,1-3H3/b13-10+. The second kappa shape index (κ2) is 10.9. The van der Waals surface area contributed by atoms with Crippen molar-refractivity contribution in [1.82, 2.24) is 9.29 Å². The van der Waals surface area contributed by atoms with E-state index in [-0.39, 0.29) is 16.4 Å². The summed E-state index contributed by atoms with van der Waals surface area (Å²) in [6, 6.07) is 6.29. The number of carbonyl (C=O) groups is 3. The topological polar surface area (TPSA) is 114 Å². The Balaban J connectivity index is 1.58. The summed E-state index contributed by atoms with van der Waals surface area (Å²) >= 11 is 0. The summed E-state index contributed by atoms with van der Waals surface area (Å²) in [5, 5.41) is 0. The van der Waals surface area contributed by atoms with E-state index in [9.17, 15) is 22.8 Å². The van der Waals surface area contributed by atoms with Crippen molar-refractivity contribution in [2.45, 2.75) is 51.3 Å². The quantitative estimate of drug-likeness (QED) is 0.345. The van der Waals surface area contributed by atoms with Crippen LogP contribution in [0.3, 0.4) is 0 Å². The highest BCUT2D eigenvalue weighted by molar-refractivity contribution is 7.89. The minimum absolute atomic E-state index is 0.143. The Labute approximate surface area is 200 Å². The van der Waals surface area contributed by atoms with Gasteiger partial charge >= 0.3 is 5.97 Å². The molecule has 0 saturated carbocycles. The highest BCUT2D eigenvalue weighted by atomic mass is 32.2. The van der Waals surface area contributed by atoms with Crippen molar-refractivity contribution in [3.05, 3.63) is 58.4 Å². The molecular weight excluding hydrogens is 456 g/mol. The van der Waals surface area contributed by atoms with Gasteiger partial charge in [0.15, 0.2) is 12.4 Å². The number of hydrogen-bond acceptors (Lipinski definition) is 6. The van der Waals surface area contributed by atoms with Crippen molar-refractivity contribution in [3.63, 3.8) is 0 Å². The molecular formula is C25H30N2O6S. The molecule has 0 aliphatic carbocycles. The molecule has 9 heteroatoms. The molecule has 0 bridgehead atoms. The number of Topliss-reactive ketones (excluding diaryl/α,β-unsaturated/α-hetero) is 2. The van der Waals surface area contributed by atoms with Crippen LogP contribution in [0.25, 0.3) is 6.08 Å². The van der Waals surface area contributed by atoms with Gasteiger partial charge in [0.05, 0.1) is 10.6 Å². The molecule has 34 heavy (non-hydrogen) atoms. The predicted octanol–water partition coefficient (Wildman–Crippen LogP) is 3.84. The maximum Gasteiger partial charge on any atom is 0.331 e. The number of hydrogen-bond donors (Lipinski definition) is 1. The van der Waals surface area contributed by atoms with E-state index < -0.39 is 28.4 Å². The number of aromatic amines is 1. The van der Waals surface area contributed by atoms with Gasteiger partial charge in [0.1, 0.15) is 0 Å². The molecule has 1 aromatic heterocycles. The largest absolute Gasteiger partial charge is 0.454 e. The van der Waals surface area contributed by atoms with Gasteiger partial charge in [-0.2, -0.15) is 4.31 Å². The first kappa shape index (κ1) is 25.6. The molecule has 0 amide bonds. The van der Waals surface area contributed by atoms with Crippen LogP contribution in [0.4, 0.5) is 0 Å². The highest BCUT2D eigenvalue weighted by Crippen LogP contribution is 2.21. The molecule has 2 heterocycles. The molecule has 1 aliphatic heterocycles. The van der Waals surface area contributed by atoms with E-state index in [2.05, 4.69) is 4.98 Å². The molecule has 0 atom stereocenters. The average molecular weight is 487 g/mol. The van der Waals surface area contributed by atoms with Crippen LogP contribution in [-0.4, -0.2) is 54.9 Å². The molecule has 1 saturated heterocycles. The number of carbonyl (C=O) groups excluding carboxylic acids is 3. The van der Waals surface area contributed by atoms with Crippen molar-refractivity contribution in [3.8, 4) is 0 Å². The summed E-state index contributed by atoms with van der Waals surface area (Å²) in [6.07, 6.45) is 6.49. The van der Waals surface area contributed by atoms with Crippen molar-refractivity contribution in [2.24, 2.45) is 0 Å². The van der Waals surface area contributed by atoms with Crippen LogP contribution in [0, 0.1) is 13.8 Å². The molecule has 8 nitrogen and oxygen atoms in total. The number of rotatable bonds is 8. The molecule has 182 valence electrons. The number of nitrogens with one attached hydrogen (secondary N) is 1. The minimum atomic E-state index is -3.53. The maximum atomic E-state index is 12.8. The second-order valence-corrected chi connectivity index (χ2v) is 10.4. The fourth-order valence-corrected chi connectivity index (χ4v) is 5.68. The number of benzene rings is 1. The second-order valence-electron chi connectivity index (χ2n) is 8.43. The number of esters is 1. The van der Waals surface area contributed by atoms with Crippen LogP contribution < -0.4 is 0 Å². The first-order valence-corrected chi connectivity index (χ1v) is 12.7. The third-order valence-corrected chi connectivity index (χ3v) is 7.82. The Morgan fingerprint density at radius 2 is 1.65 bits per heavy atom. The number of ketones is 2. The van der Waals surface area contributed by atoms with Gasteiger partial charge in [-0.1, -0.05) is 25.0 Å². The van der Waals surface area contributed by atoms with Gasteiger partial charge in [-0.25, -0.2) is 13.2 Å². The van der Waals surface area contributed by atoms with Gasteiger partial charge in [0.2, 0.25) is 15.8 Å². The number of aryl methyl sites for hydroxylation is 1. The lowest BCUT2D eigenvalue weighted by Crippen LogP contribution is -2.31. The molecule has 1 fully saturated rings. The Hall–Kier alpha value is -3.04. The molecule has 1 aromatic carbocycles. The molecule has 0 radical (unpaired) electrons. The van der Waals surface area contributed by atoms with Gasteiger partial charge in [-0.05, 0) is 62.9 Å². The van der Waals surface area contributed by atoms with E-state index in [4.69, 9.17) is 4.74 Å². The van der Waals surface area contributed by atoms with Gasteiger partial charge in [0.25, 0.3) is 0 Å². The van der Waals surface area contributed by atoms with Gasteiger partial charge in [-0.3, -0.25) is 9.59 Å². The van der Waals surface area contributed by atoms with Crippen molar-refractivity contribution >= 4 is 33.6 Å². The zero-order chi connectivity index (χ0) is 24.9. The number of ether oxygens (including phenoxy) is 1. The normalized spacial score (nSPS) is 15.3. The van der Waals surface area contributed by atoms with Crippen LogP contribution in [0.5, 0.6) is 0 Å². The van der Waals surface area contributed by atoms with Crippen molar-refractivity contribution in [1.29, 1.82) is 0 Å². The predicted molar refractivity (Wildman–Crippen MR) is 128 cm³/mol. The van der Waals surface area contributed by atoms with E-state index in [0.29, 0.717) is 35.5 Å². The van der Waals surface area contributed by atoms with E-state index in [1.807, 2.05) is 0 Å². The Morgan fingerprint density at radius 3 is 2.21 bits per heavy atom. The summed E-state index contributed by atoms with van der Waals surface area (Å²) in [7, 11) is -3.53. The Bertz CT molecular complexity index is 1200. The minimum Gasteiger partial charge on any atom is -0.454 e. The third kappa shape index (κ3) is 5.90. The highest BCUT2D eigenvalue weighted by Gasteiger charge is 2.25. The summed E-state index contributed by atoms with van der Waals surface area (Å²) < 4.78 is 32.3. The fourth-order valence-electron chi connectivity index (χ4n) is 4.16. The van der Waals surface area contributed by atoms with Crippen LogP contribution in [0.1, 0.15) is 70.3 Å². The zero-order valence-corrected chi connectivity index (χ0v) is 20.5. The van der Waals surface area contributed by atoms with Gasteiger partial charge < -0.3 is 9.72 Å². The monoisotopic (exact) mass is 486 g/mol. The first-order chi connectivity index (χ1) is 16.1. The molecule has 0 spiro atoms. The molecule has 0 unspecified atom stereocenters. The molecule has 1 aliphatic rings. The maximum absolute atomic E-state index is 12.8. The van der Waals surface area contributed by atoms with Crippen LogP contribution >= 0.6 is 0 Å². The van der Waals surface area contributed by atoms with E-state index >= 15 is 0 Å². The smallest absolute Gasteiger partial charge is 0.331 e. The third-order valence-electron chi connectivity index (χ3n) is 5.91. The Kier molecular flexibility index (Phi) is 8.22. The van der Waals surface area contributed by atoms with Crippen LogP contribution in [-0.2, 0) is 19.6 Å². The number of aromatic nitrogens is 1. The van der Waals surface area contributed by atoms with Crippen LogP contribution in [0.15, 0.2) is 35.2 Å². The number of H-pyrrole nitrogens is 1. The summed E-state index contributed by atoms with van der Waals surface area (Å²) in [4.78, 5) is 39.3. The molecule has 3 rings (SSSR count). The lowest BCUT2D eigenvalue weighted by atomic mass is 10.1. The van der Waals surface area contributed by atoms with Crippen LogP contribution in [0.2, 0.25) is 0 Å². The van der Waals surface area contributed by atoms with Gasteiger partial charge in [-0.15, -0.1) is 0 Å². The zero-order valence-electron chi connectivity index (χ0n) is 19.7. The molecule has 1 N–H and O–H groups in total. The summed E-state index contributed by atoms with van der Waals surface area (Å²) in [5.41, 5.74) is 2.48. The molecule has 2 aromatic rings. The fraction of sp³-hybridized carbons (Fsp3) is 0.400. The van der Waals surface area contributed by atoms with E-state index in [1.54, 1.807) is 26.0 Å². The van der Waals surface area contributed by atoms with Crippen molar-refractivity contribution < 1.29 is 27.5 Å². The van der Waals surface area contributed by atoms with Crippen molar-refractivity contribution in [2.75, 3.05) is 19.7 Å². The SMILES string of the molecule is CC(=O)c1c(C)[nH]c(C(=O)COC(=O)/C=C/c2ccc(S(=O)(=O)N3CCCCCC3)cc2)c1C. The summed E-state index contributed by atoms with van der Waals surface area (Å²) in [6.45, 7) is 5.41.